The van der Waals surface area contributed by atoms with Crippen molar-refractivity contribution in [1.82, 2.24) is 4.98 Å². The molecule has 14 heavy (non-hydrogen) atoms. The molecule has 68 valence electrons. The molecule has 1 heterocycles. The number of para-hydroxylation sites is 1. The van der Waals surface area contributed by atoms with Gasteiger partial charge in [0.15, 0.2) is 5.01 Å². The molecule has 0 amide bonds. The van der Waals surface area contributed by atoms with Gasteiger partial charge >= 0.3 is 0 Å². The second kappa shape index (κ2) is 3.44. The van der Waals surface area contributed by atoms with Crippen molar-refractivity contribution in [2.45, 2.75) is 0 Å². The summed E-state index contributed by atoms with van der Waals surface area (Å²) in [6.07, 6.45) is 0. The molecule has 0 saturated heterocycles. The molecule has 0 spiro atoms. The average Bonchev–Trinajstić information content (AvgIpc) is 2.63. The Morgan fingerprint density at radius 3 is 2.93 bits per heavy atom. The van der Waals surface area contributed by atoms with E-state index in [-0.39, 0.29) is 5.71 Å². The van der Waals surface area contributed by atoms with Crippen LogP contribution in [-0.2, 0) is 0 Å². The molecule has 0 saturated carbocycles. The molecule has 0 unspecified atom stereocenters. The zero-order chi connectivity index (χ0) is 9.97. The number of rotatable bonds is 1. The number of nitrogens with zero attached hydrogens (tertiary/aromatic N) is 3. The van der Waals surface area contributed by atoms with E-state index < -0.39 is 0 Å². The summed E-state index contributed by atoms with van der Waals surface area (Å²) >= 11 is 1.33. The van der Waals surface area contributed by atoms with E-state index in [1.54, 1.807) is 6.07 Å². The lowest BCUT2D eigenvalue weighted by Gasteiger charge is -1.83. The molecule has 4 nitrogen and oxygen atoms in total. The highest BCUT2D eigenvalue weighted by atomic mass is 32.1. The van der Waals surface area contributed by atoms with Crippen LogP contribution >= 0.6 is 11.3 Å². The molecule has 0 aliphatic heterocycles. The second-order valence-electron chi connectivity index (χ2n) is 2.55. The van der Waals surface area contributed by atoms with Crippen LogP contribution in [0.3, 0.4) is 0 Å². The van der Waals surface area contributed by atoms with Crippen molar-refractivity contribution in [3.8, 4) is 6.07 Å². The summed E-state index contributed by atoms with van der Waals surface area (Å²) in [4.78, 5) is 4.16. The number of hydrogen-bond acceptors (Lipinski definition) is 5. The number of benzene rings is 1. The van der Waals surface area contributed by atoms with Crippen molar-refractivity contribution >= 4 is 27.3 Å². The monoisotopic (exact) mass is 203 g/mol. The van der Waals surface area contributed by atoms with Gasteiger partial charge in [0.25, 0.3) is 0 Å². The van der Waals surface area contributed by atoms with E-state index >= 15 is 0 Å². The Balaban J connectivity index is 2.62. The van der Waals surface area contributed by atoms with E-state index in [0.717, 1.165) is 10.2 Å². The van der Waals surface area contributed by atoms with Gasteiger partial charge in [-0.15, -0.1) is 11.3 Å². The molecule has 2 rings (SSSR count). The Kier molecular flexibility index (Phi) is 2.13. The summed E-state index contributed by atoms with van der Waals surface area (Å²) in [6.45, 7) is 0. The number of aromatic nitrogens is 1. The fourth-order valence-electron chi connectivity index (χ4n) is 1.09. The topological polar surface area (TPSA) is 69.3 Å². The van der Waals surface area contributed by atoms with E-state index in [0.29, 0.717) is 5.01 Å². The molecule has 0 atom stereocenters. The first kappa shape index (κ1) is 8.66. The zero-order valence-corrected chi connectivity index (χ0v) is 7.82. The Hall–Kier alpha value is -1.93. The maximum absolute atomic E-state index is 8.63. The van der Waals surface area contributed by atoms with Crippen molar-refractivity contribution in [1.29, 1.82) is 5.26 Å². The van der Waals surface area contributed by atoms with Gasteiger partial charge in [-0.1, -0.05) is 17.3 Å². The van der Waals surface area contributed by atoms with E-state index in [1.165, 1.54) is 11.3 Å². The zero-order valence-electron chi connectivity index (χ0n) is 7.01. The summed E-state index contributed by atoms with van der Waals surface area (Å²) in [5, 5.41) is 20.5. The normalized spacial score (nSPS) is 11.5. The molecular weight excluding hydrogens is 198 g/mol. The minimum Gasteiger partial charge on any atom is -0.410 e. The van der Waals surface area contributed by atoms with Crippen LogP contribution in [0.5, 0.6) is 0 Å². The molecule has 0 aliphatic rings. The smallest absolute Gasteiger partial charge is 0.215 e. The molecule has 0 aliphatic carbocycles. The van der Waals surface area contributed by atoms with Crippen LogP contribution in [0.1, 0.15) is 5.01 Å². The molecule has 5 heteroatoms. The third-order valence-electron chi connectivity index (χ3n) is 1.70. The first-order chi connectivity index (χ1) is 6.85. The number of hydrogen-bond donors (Lipinski definition) is 1. The first-order valence-electron chi connectivity index (χ1n) is 3.83. The van der Waals surface area contributed by atoms with Crippen LogP contribution < -0.4 is 0 Å². The summed E-state index contributed by atoms with van der Waals surface area (Å²) in [7, 11) is 0. The highest BCUT2D eigenvalue weighted by Crippen LogP contribution is 2.21. The predicted octanol–water partition coefficient (Wildman–Crippen LogP) is 2.00. The maximum Gasteiger partial charge on any atom is 0.215 e. The van der Waals surface area contributed by atoms with Gasteiger partial charge in [-0.2, -0.15) is 5.26 Å². The van der Waals surface area contributed by atoms with Crippen LogP contribution in [0.2, 0.25) is 0 Å². The standard InChI is InChI=1S/C9H5N3OS/c10-5-7(12-13)9-11-6-3-1-2-4-8(6)14-9/h1-4,13H. The lowest BCUT2D eigenvalue weighted by atomic mass is 10.3. The van der Waals surface area contributed by atoms with E-state index in [2.05, 4.69) is 10.1 Å². The molecule has 0 bridgehead atoms. The van der Waals surface area contributed by atoms with Gasteiger partial charge in [-0.25, -0.2) is 4.98 Å². The quantitative estimate of drug-likeness (QED) is 0.437. The second-order valence-corrected chi connectivity index (χ2v) is 3.58. The Morgan fingerprint density at radius 1 is 1.50 bits per heavy atom. The van der Waals surface area contributed by atoms with E-state index in [4.69, 9.17) is 10.5 Å². The molecule has 2 aromatic rings. The van der Waals surface area contributed by atoms with E-state index in [9.17, 15) is 0 Å². The van der Waals surface area contributed by atoms with Gasteiger partial charge in [-0.05, 0) is 12.1 Å². The van der Waals surface area contributed by atoms with E-state index in [1.807, 2.05) is 24.3 Å². The largest absolute Gasteiger partial charge is 0.410 e. The third kappa shape index (κ3) is 1.32. The summed E-state index contributed by atoms with van der Waals surface area (Å²) < 4.78 is 0.971. The lowest BCUT2D eigenvalue weighted by Crippen LogP contribution is -1.94. The van der Waals surface area contributed by atoms with Crippen LogP contribution in [0, 0.1) is 11.3 Å². The molecule has 0 radical (unpaired) electrons. The maximum atomic E-state index is 8.63. The van der Waals surface area contributed by atoms with Gasteiger partial charge in [0.05, 0.1) is 10.2 Å². The lowest BCUT2D eigenvalue weighted by molar-refractivity contribution is 0.320. The predicted molar refractivity (Wildman–Crippen MR) is 53.6 cm³/mol. The van der Waals surface area contributed by atoms with Crippen molar-refractivity contribution in [3.05, 3.63) is 29.3 Å². The van der Waals surface area contributed by atoms with Crippen molar-refractivity contribution in [2.75, 3.05) is 0 Å². The van der Waals surface area contributed by atoms with Crippen LogP contribution in [0.25, 0.3) is 10.2 Å². The van der Waals surface area contributed by atoms with Gasteiger partial charge < -0.3 is 5.21 Å². The average molecular weight is 203 g/mol. The molecule has 1 aromatic heterocycles. The fourth-order valence-corrected chi connectivity index (χ4v) is 1.99. The van der Waals surface area contributed by atoms with Gasteiger partial charge in [0, 0.05) is 0 Å². The summed E-state index contributed by atoms with van der Waals surface area (Å²) in [5.41, 5.74) is 0.759. The highest BCUT2D eigenvalue weighted by molar-refractivity contribution is 7.20. The molecule has 1 N–H and O–H groups in total. The van der Waals surface area contributed by atoms with Crippen molar-refractivity contribution in [2.24, 2.45) is 5.16 Å². The van der Waals surface area contributed by atoms with Crippen molar-refractivity contribution < 1.29 is 5.21 Å². The molecular formula is C9H5N3OS. The van der Waals surface area contributed by atoms with Gasteiger partial charge in [-0.3, -0.25) is 0 Å². The summed E-state index contributed by atoms with van der Waals surface area (Å²) in [6, 6.07) is 9.30. The highest BCUT2D eigenvalue weighted by Gasteiger charge is 2.09. The number of oxime groups is 1. The van der Waals surface area contributed by atoms with Crippen molar-refractivity contribution in [3.63, 3.8) is 0 Å². The Morgan fingerprint density at radius 2 is 2.29 bits per heavy atom. The van der Waals surface area contributed by atoms with Gasteiger partial charge in [0.1, 0.15) is 6.07 Å². The molecule has 1 aromatic carbocycles. The number of nitriles is 1. The third-order valence-corrected chi connectivity index (χ3v) is 2.75. The molecule has 0 fully saturated rings. The van der Waals surface area contributed by atoms with Crippen LogP contribution in [0.4, 0.5) is 0 Å². The number of thiazole rings is 1. The van der Waals surface area contributed by atoms with Crippen LogP contribution in [0.15, 0.2) is 29.4 Å². The fraction of sp³-hybridized carbons (Fsp3) is 0. The minimum absolute atomic E-state index is 0.0498. The van der Waals surface area contributed by atoms with Gasteiger partial charge in [0.2, 0.25) is 5.71 Å². The Labute approximate surface area is 83.7 Å². The number of fused-ring (bicyclic) bond motifs is 1. The Bertz CT molecular complexity index is 505. The SMILES string of the molecule is N#CC(=NO)c1nc2ccccc2s1. The van der Waals surface area contributed by atoms with Crippen LogP contribution in [-0.4, -0.2) is 15.9 Å². The summed E-state index contributed by atoms with van der Waals surface area (Å²) in [5.74, 6) is 0. The minimum atomic E-state index is -0.0498. The first-order valence-corrected chi connectivity index (χ1v) is 4.65.